The highest BCUT2D eigenvalue weighted by molar-refractivity contribution is 5.95. The maximum atomic E-state index is 14.2. The van der Waals surface area contributed by atoms with E-state index < -0.39 is 28.9 Å². The Kier molecular flexibility index (Phi) is 8.40. The van der Waals surface area contributed by atoms with Crippen LogP contribution in [0.25, 0.3) is 0 Å². The van der Waals surface area contributed by atoms with Gasteiger partial charge in [-0.15, -0.1) is 0 Å². The molecule has 0 unspecified atom stereocenters. The molecular formula is C31H31F3N2O4. The third kappa shape index (κ3) is 6.31. The van der Waals surface area contributed by atoms with E-state index in [9.17, 15) is 27.9 Å². The van der Waals surface area contributed by atoms with Crippen molar-refractivity contribution in [3.63, 3.8) is 0 Å². The molecule has 0 aliphatic carbocycles. The van der Waals surface area contributed by atoms with E-state index in [2.05, 4.69) is 0 Å². The number of carbonyl (C=O) groups excluding carboxylic acids is 2. The van der Waals surface area contributed by atoms with E-state index in [-0.39, 0.29) is 23.9 Å². The molecule has 0 aromatic heterocycles. The highest BCUT2D eigenvalue weighted by atomic mass is 19.1. The Morgan fingerprint density at radius 3 is 1.98 bits per heavy atom. The van der Waals surface area contributed by atoms with Crippen molar-refractivity contribution in [2.45, 2.75) is 44.3 Å². The summed E-state index contributed by atoms with van der Waals surface area (Å²) in [6.07, 6.45) is 2.87. The second kappa shape index (κ2) is 12.1. The van der Waals surface area contributed by atoms with Crippen LogP contribution in [0.15, 0.2) is 60.7 Å². The molecule has 9 heteroatoms. The number of likely N-dealkylation sites (tertiary alicyclic amines) is 2. The van der Waals surface area contributed by atoms with Gasteiger partial charge in [0.25, 0.3) is 11.8 Å². The number of nitrogens with zero attached hydrogens (tertiary/aromatic N) is 2. The van der Waals surface area contributed by atoms with E-state index in [0.717, 1.165) is 23.3 Å². The zero-order chi connectivity index (χ0) is 28.2. The monoisotopic (exact) mass is 552 g/mol. The van der Waals surface area contributed by atoms with E-state index in [0.29, 0.717) is 63.8 Å². The van der Waals surface area contributed by atoms with Crippen molar-refractivity contribution in [3.05, 3.63) is 100 Å². The summed E-state index contributed by atoms with van der Waals surface area (Å²) in [5, 5.41) is 9.52. The lowest BCUT2D eigenvalue weighted by Gasteiger charge is -2.37. The predicted molar refractivity (Wildman–Crippen MR) is 143 cm³/mol. The zero-order valence-electron chi connectivity index (χ0n) is 22.0. The number of phenols is 1. The summed E-state index contributed by atoms with van der Waals surface area (Å²) in [6, 6.07) is 15.6. The molecule has 210 valence electrons. The third-order valence-corrected chi connectivity index (χ3v) is 7.60. The quantitative estimate of drug-likeness (QED) is 0.449. The topological polar surface area (TPSA) is 70.1 Å². The first-order valence-electron chi connectivity index (χ1n) is 13.5. The number of piperidine rings is 2. The summed E-state index contributed by atoms with van der Waals surface area (Å²) in [5.74, 6) is -4.12. The van der Waals surface area contributed by atoms with E-state index in [4.69, 9.17) is 4.74 Å². The molecule has 2 amide bonds. The van der Waals surface area contributed by atoms with Gasteiger partial charge in [-0.1, -0.05) is 24.3 Å². The first-order chi connectivity index (χ1) is 19.3. The van der Waals surface area contributed by atoms with Gasteiger partial charge in [-0.2, -0.15) is 0 Å². The number of amides is 2. The minimum atomic E-state index is -1.25. The lowest BCUT2D eigenvalue weighted by atomic mass is 10.0. The molecule has 1 N–H and O–H groups in total. The molecule has 0 bridgehead atoms. The summed E-state index contributed by atoms with van der Waals surface area (Å²) >= 11 is 0. The Morgan fingerprint density at radius 1 is 0.775 bits per heavy atom. The van der Waals surface area contributed by atoms with Gasteiger partial charge in [0.2, 0.25) is 0 Å². The second-order valence-electron chi connectivity index (χ2n) is 10.4. The number of phenolic OH excluding ortho intramolecular Hbond substituents is 1. The van der Waals surface area contributed by atoms with Crippen molar-refractivity contribution in [1.29, 1.82) is 0 Å². The smallest absolute Gasteiger partial charge is 0.259 e. The Balaban J connectivity index is 1.09. The van der Waals surface area contributed by atoms with Crippen LogP contribution in [0, 0.1) is 17.5 Å². The Hall–Kier alpha value is -3.85. The maximum absolute atomic E-state index is 14.2. The van der Waals surface area contributed by atoms with Crippen molar-refractivity contribution in [3.8, 4) is 5.75 Å². The Morgan fingerprint density at radius 2 is 1.35 bits per heavy atom. The number of hydrogen-bond acceptors (Lipinski definition) is 4. The normalized spacial score (nSPS) is 16.8. The summed E-state index contributed by atoms with van der Waals surface area (Å²) in [6.45, 7) is 1.71. The summed E-state index contributed by atoms with van der Waals surface area (Å²) in [5.41, 5.74) is 1.64. The van der Waals surface area contributed by atoms with Crippen molar-refractivity contribution < 1.29 is 32.6 Å². The number of hydrogen-bond donors (Lipinski definition) is 1. The van der Waals surface area contributed by atoms with E-state index >= 15 is 0 Å². The van der Waals surface area contributed by atoms with Gasteiger partial charge in [-0.3, -0.25) is 9.59 Å². The van der Waals surface area contributed by atoms with Gasteiger partial charge in [0.1, 0.15) is 17.2 Å². The zero-order valence-corrected chi connectivity index (χ0v) is 22.0. The largest absolute Gasteiger partial charge is 0.505 e. The lowest BCUT2D eigenvalue weighted by Crippen LogP contribution is -2.45. The molecule has 0 atom stereocenters. The first kappa shape index (κ1) is 27.7. The average Bonchev–Trinajstić information content (AvgIpc) is 2.96. The standard InChI is InChI=1S/C31H31F3N2O4/c32-23-6-2-4-21(19-23)17-20-3-1-5-22(18-20)30(38)35-13-9-24(10-14-35)40-25-11-15-36(16-12-25)31(39)28-26(33)7-8-27(37)29(28)34/h1-8,18-19,24-25,37H,9-17H2. The minimum Gasteiger partial charge on any atom is -0.505 e. The van der Waals surface area contributed by atoms with Crippen molar-refractivity contribution in [2.24, 2.45) is 0 Å². The van der Waals surface area contributed by atoms with Crippen LogP contribution < -0.4 is 0 Å². The lowest BCUT2D eigenvalue weighted by molar-refractivity contribution is -0.0593. The second-order valence-corrected chi connectivity index (χ2v) is 10.4. The molecule has 6 nitrogen and oxygen atoms in total. The fourth-order valence-corrected chi connectivity index (χ4v) is 5.44. The molecule has 0 saturated carbocycles. The van der Waals surface area contributed by atoms with Gasteiger partial charge in [-0.05, 0) is 79.6 Å². The van der Waals surface area contributed by atoms with Crippen molar-refractivity contribution >= 4 is 11.8 Å². The highest BCUT2D eigenvalue weighted by Gasteiger charge is 2.31. The number of halogens is 3. The van der Waals surface area contributed by atoms with Crippen LogP contribution in [0.3, 0.4) is 0 Å². The molecule has 2 aliphatic rings. The molecule has 0 spiro atoms. The van der Waals surface area contributed by atoms with E-state index in [1.54, 1.807) is 12.1 Å². The van der Waals surface area contributed by atoms with Crippen LogP contribution in [-0.2, 0) is 11.2 Å². The van der Waals surface area contributed by atoms with Gasteiger partial charge in [0.05, 0.1) is 12.2 Å². The molecule has 2 fully saturated rings. The van der Waals surface area contributed by atoms with E-state index in [1.165, 1.54) is 17.0 Å². The Bertz CT molecular complexity index is 1380. The van der Waals surface area contributed by atoms with Gasteiger partial charge < -0.3 is 19.6 Å². The SMILES string of the molecule is O=C(c1cccc(Cc2cccc(F)c2)c1)N1CCC(OC2CCN(C(=O)c3c(F)ccc(O)c3F)CC2)CC1. The maximum Gasteiger partial charge on any atom is 0.259 e. The first-order valence-corrected chi connectivity index (χ1v) is 13.5. The molecule has 5 rings (SSSR count). The molecule has 3 aromatic rings. The summed E-state index contributed by atoms with van der Waals surface area (Å²) in [7, 11) is 0. The fraction of sp³-hybridized carbons (Fsp3) is 0.355. The number of carbonyl (C=O) groups is 2. The van der Waals surface area contributed by atoms with Crippen LogP contribution >= 0.6 is 0 Å². The van der Waals surface area contributed by atoms with Crippen LogP contribution in [0.5, 0.6) is 5.75 Å². The highest BCUT2D eigenvalue weighted by Crippen LogP contribution is 2.27. The predicted octanol–water partition coefficient (Wildman–Crippen LogP) is 5.33. The minimum absolute atomic E-state index is 0.0171. The molecule has 40 heavy (non-hydrogen) atoms. The molecule has 2 heterocycles. The fourth-order valence-electron chi connectivity index (χ4n) is 5.44. The molecule has 2 saturated heterocycles. The number of aromatic hydroxyl groups is 1. The van der Waals surface area contributed by atoms with Gasteiger partial charge in [0, 0.05) is 31.7 Å². The Labute approximate surface area is 231 Å². The summed E-state index contributed by atoms with van der Waals surface area (Å²) in [4.78, 5) is 29.0. The van der Waals surface area contributed by atoms with Crippen LogP contribution in [0.2, 0.25) is 0 Å². The molecule has 3 aromatic carbocycles. The van der Waals surface area contributed by atoms with Gasteiger partial charge in [-0.25, -0.2) is 13.2 Å². The van der Waals surface area contributed by atoms with E-state index in [1.807, 2.05) is 29.2 Å². The number of ether oxygens (including phenoxy) is 1. The molecule has 0 radical (unpaired) electrons. The third-order valence-electron chi connectivity index (χ3n) is 7.60. The number of benzene rings is 3. The van der Waals surface area contributed by atoms with Crippen molar-refractivity contribution in [2.75, 3.05) is 26.2 Å². The number of rotatable bonds is 6. The van der Waals surface area contributed by atoms with Crippen LogP contribution in [-0.4, -0.2) is 65.1 Å². The van der Waals surface area contributed by atoms with Gasteiger partial charge in [0.15, 0.2) is 11.6 Å². The van der Waals surface area contributed by atoms with Crippen LogP contribution in [0.4, 0.5) is 13.2 Å². The van der Waals surface area contributed by atoms with Gasteiger partial charge >= 0.3 is 0 Å². The van der Waals surface area contributed by atoms with Crippen LogP contribution in [0.1, 0.15) is 57.5 Å². The molecule has 2 aliphatic heterocycles. The average molecular weight is 553 g/mol. The summed E-state index contributed by atoms with van der Waals surface area (Å²) < 4.78 is 48.0. The van der Waals surface area contributed by atoms with Crippen molar-refractivity contribution in [1.82, 2.24) is 9.80 Å². The molecular weight excluding hydrogens is 521 g/mol.